The number of hydrogen-bond acceptors (Lipinski definition) is 6. The molecule has 0 amide bonds. The van der Waals surface area contributed by atoms with Crippen LogP contribution in [0.5, 0.6) is 0 Å². The third-order valence-corrected chi connectivity index (χ3v) is 3.90. The highest BCUT2D eigenvalue weighted by molar-refractivity contribution is 7.13. The molecule has 3 rings (SSSR count). The molecular weight excluding hydrogens is 248 g/mol. The Morgan fingerprint density at radius 3 is 3.06 bits per heavy atom. The van der Waals surface area contributed by atoms with E-state index in [-0.39, 0.29) is 0 Å². The van der Waals surface area contributed by atoms with Crippen LogP contribution in [0, 0.1) is 6.92 Å². The maximum Gasteiger partial charge on any atom is 0.259 e. The predicted molar refractivity (Wildman–Crippen MR) is 69.5 cm³/mol. The second-order valence-electron chi connectivity index (χ2n) is 4.60. The minimum atomic E-state index is 0.597. The molecule has 0 radical (unpaired) electrons. The second-order valence-corrected chi connectivity index (χ2v) is 5.45. The Morgan fingerprint density at radius 2 is 2.33 bits per heavy atom. The van der Waals surface area contributed by atoms with Gasteiger partial charge in [0.05, 0.1) is 11.2 Å². The van der Waals surface area contributed by atoms with Crippen molar-refractivity contribution in [2.24, 2.45) is 0 Å². The minimum Gasteiger partial charge on any atom is -0.420 e. The van der Waals surface area contributed by atoms with E-state index in [1.807, 2.05) is 6.92 Å². The molecule has 5 nitrogen and oxygen atoms in total. The van der Waals surface area contributed by atoms with Crippen LogP contribution in [-0.2, 0) is 6.42 Å². The van der Waals surface area contributed by atoms with Crippen molar-refractivity contribution < 1.29 is 4.42 Å². The number of nitrogens with zero attached hydrogens (tertiary/aromatic N) is 3. The maximum absolute atomic E-state index is 5.65. The molecule has 1 N–H and O–H groups in total. The molecule has 1 saturated carbocycles. The van der Waals surface area contributed by atoms with Gasteiger partial charge in [-0.3, -0.25) is 0 Å². The van der Waals surface area contributed by atoms with Crippen molar-refractivity contribution in [3.63, 3.8) is 0 Å². The van der Waals surface area contributed by atoms with Gasteiger partial charge in [0.2, 0.25) is 5.89 Å². The van der Waals surface area contributed by atoms with E-state index in [0.29, 0.717) is 5.89 Å². The van der Waals surface area contributed by atoms with E-state index in [0.717, 1.165) is 41.9 Å². The number of aromatic nitrogens is 3. The lowest BCUT2D eigenvalue weighted by Gasteiger charge is -1.99. The summed E-state index contributed by atoms with van der Waals surface area (Å²) in [7, 11) is 0. The van der Waals surface area contributed by atoms with Gasteiger partial charge in [0.15, 0.2) is 0 Å². The highest BCUT2D eigenvalue weighted by Crippen LogP contribution is 2.25. The van der Waals surface area contributed by atoms with Crippen molar-refractivity contribution in [3.05, 3.63) is 17.1 Å². The van der Waals surface area contributed by atoms with Gasteiger partial charge in [-0.25, -0.2) is 4.98 Å². The van der Waals surface area contributed by atoms with E-state index in [1.165, 1.54) is 24.2 Å². The van der Waals surface area contributed by atoms with Crippen LogP contribution in [0.3, 0.4) is 0 Å². The Hall–Kier alpha value is -1.27. The summed E-state index contributed by atoms with van der Waals surface area (Å²) in [4.78, 5) is 5.16. The Balaban J connectivity index is 1.54. The molecule has 0 atom stereocenters. The number of aryl methyl sites for hydroxylation is 2. The van der Waals surface area contributed by atoms with E-state index in [9.17, 15) is 0 Å². The molecule has 2 heterocycles. The summed E-state index contributed by atoms with van der Waals surface area (Å²) in [5, 5.41) is 11.6. The van der Waals surface area contributed by atoms with E-state index < -0.39 is 0 Å². The number of thiazole rings is 1. The molecule has 6 heteroatoms. The zero-order chi connectivity index (χ0) is 12.4. The molecular formula is C12H16N4OS. The van der Waals surface area contributed by atoms with Crippen molar-refractivity contribution >= 4 is 11.3 Å². The lowest BCUT2D eigenvalue weighted by atomic mass is 10.3. The van der Waals surface area contributed by atoms with Crippen LogP contribution < -0.4 is 5.32 Å². The smallest absolute Gasteiger partial charge is 0.259 e. The molecule has 1 aliphatic carbocycles. The average Bonchev–Trinajstić information content (AvgIpc) is 2.90. The number of nitrogens with one attached hydrogen (secondary N) is 1. The largest absolute Gasteiger partial charge is 0.420 e. The quantitative estimate of drug-likeness (QED) is 0.810. The monoisotopic (exact) mass is 264 g/mol. The highest BCUT2D eigenvalue weighted by Gasteiger charge is 2.19. The Morgan fingerprint density at radius 1 is 1.44 bits per heavy atom. The van der Waals surface area contributed by atoms with Crippen molar-refractivity contribution in [1.29, 1.82) is 0 Å². The fraction of sp³-hybridized carbons (Fsp3) is 0.583. The summed E-state index contributed by atoms with van der Waals surface area (Å²) in [5.41, 5.74) is 2.75. The zero-order valence-corrected chi connectivity index (χ0v) is 11.2. The predicted octanol–water partition coefficient (Wildman–Crippen LogP) is 2.19. The van der Waals surface area contributed by atoms with Gasteiger partial charge < -0.3 is 9.73 Å². The molecule has 96 valence electrons. The number of hydrogen-bond donors (Lipinski definition) is 1. The summed E-state index contributed by atoms with van der Waals surface area (Å²) in [6, 6.07) is 0.767. The van der Waals surface area contributed by atoms with Crippen LogP contribution in [0.15, 0.2) is 9.93 Å². The van der Waals surface area contributed by atoms with Crippen LogP contribution in [0.25, 0.3) is 10.8 Å². The van der Waals surface area contributed by atoms with Gasteiger partial charge in [0, 0.05) is 12.5 Å². The second kappa shape index (κ2) is 5.16. The zero-order valence-electron chi connectivity index (χ0n) is 10.3. The first kappa shape index (κ1) is 11.8. The van der Waals surface area contributed by atoms with Crippen LogP contribution in [-0.4, -0.2) is 27.8 Å². The lowest BCUT2D eigenvalue weighted by molar-refractivity contribution is 0.491. The molecule has 0 unspecified atom stereocenters. The summed E-state index contributed by atoms with van der Waals surface area (Å²) in [6.45, 7) is 2.98. The summed E-state index contributed by atoms with van der Waals surface area (Å²) in [6.07, 6.45) is 4.54. The molecule has 0 spiro atoms. The topological polar surface area (TPSA) is 63.8 Å². The highest BCUT2D eigenvalue weighted by atomic mass is 32.1. The van der Waals surface area contributed by atoms with E-state index >= 15 is 0 Å². The minimum absolute atomic E-state index is 0.597. The SMILES string of the molecule is Cc1ncsc1-c1nnc(CCCNC2CC2)o1. The average molecular weight is 264 g/mol. The van der Waals surface area contributed by atoms with Gasteiger partial charge >= 0.3 is 0 Å². The van der Waals surface area contributed by atoms with Crippen LogP contribution in [0.2, 0.25) is 0 Å². The van der Waals surface area contributed by atoms with Gasteiger partial charge in [0.25, 0.3) is 5.89 Å². The van der Waals surface area contributed by atoms with Gasteiger partial charge in [-0.1, -0.05) is 0 Å². The van der Waals surface area contributed by atoms with Crippen molar-refractivity contribution in [2.45, 2.75) is 38.6 Å². The Labute approximate surface area is 110 Å². The third-order valence-electron chi connectivity index (χ3n) is 2.98. The fourth-order valence-corrected chi connectivity index (χ4v) is 2.51. The third kappa shape index (κ3) is 2.76. The van der Waals surface area contributed by atoms with Crippen LogP contribution in [0.1, 0.15) is 30.8 Å². The van der Waals surface area contributed by atoms with E-state index in [1.54, 1.807) is 5.51 Å². The molecule has 0 saturated heterocycles. The van der Waals surface area contributed by atoms with Gasteiger partial charge in [-0.2, -0.15) is 0 Å². The molecule has 1 aliphatic rings. The van der Waals surface area contributed by atoms with Crippen molar-refractivity contribution in [2.75, 3.05) is 6.54 Å². The summed E-state index contributed by atoms with van der Waals surface area (Å²) in [5.74, 6) is 1.32. The molecule has 0 aliphatic heterocycles. The van der Waals surface area contributed by atoms with Crippen LogP contribution in [0.4, 0.5) is 0 Å². The molecule has 2 aromatic rings. The summed E-state index contributed by atoms with van der Waals surface area (Å²) < 4.78 is 5.65. The Kier molecular flexibility index (Phi) is 3.38. The first-order valence-corrected chi connectivity index (χ1v) is 7.17. The van der Waals surface area contributed by atoms with Crippen molar-refractivity contribution in [1.82, 2.24) is 20.5 Å². The standard InChI is InChI=1S/C12H16N4OS/c1-8-11(18-7-14-8)12-16-15-10(17-12)3-2-6-13-9-4-5-9/h7,9,13H,2-6H2,1H3. The first-order chi connectivity index (χ1) is 8.83. The lowest BCUT2D eigenvalue weighted by Crippen LogP contribution is -2.17. The Bertz CT molecular complexity index is 518. The van der Waals surface area contributed by atoms with Gasteiger partial charge in [0.1, 0.15) is 4.88 Å². The van der Waals surface area contributed by atoms with E-state index in [2.05, 4.69) is 20.5 Å². The first-order valence-electron chi connectivity index (χ1n) is 6.29. The molecule has 18 heavy (non-hydrogen) atoms. The molecule has 0 bridgehead atoms. The molecule has 2 aromatic heterocycles. The normalized spacial score (nSPS) is 15.2. The van der Waals surface area contributed by atoms with E-state index in [4.69, 9.17) is 4.42 Å². The van der Waals surface area contributed by atoms with Gasteiger partial charge in [-0.15, -0.1) is 21.5 Å². The molecule has 1 fully saturated rings. The van der Waals surface area contributed by atoms with Gasteiger partial charge in [-0.05, 0) is 32.7 Å². The molecule has 0 aromatic carbocycles. The van der Waals surface area contributed by atoms with Crippen LogP contribution >= 0.6 is 11.3 Å². The fourth-order valence-electron chi connectivity index (χ4n) is 1.79. The maximum atomic E-state index is 5.65. The summed E-state index contributed by atoms with van der Waals surface area (Å²) >= 11 is 1.54. The number of rotatable bonds is 6. The van der Waals surface area contributed by atoms with Crippen molar-refractivity contribution in [3.8, 4) is 10.8 Å².